The fraction of sp³-hybridized carbons (Fsp3) is 0.368. The number of piperidine rings is 1. The minimum atomic E-state index is -0.984. The van der Waals surface area contributed by atoms with Gasteiger partial charge < -0.3 is 15.2 Å². The highest BCUT2D eigenvalue weighted by Crippen LogP contribution is 2.26. The van der Waals surface area contributed by atoms with Crippen LogP contribution >= 0.6 is 0 Å². The molecule has 3 aromatic rings. The number of anilines is 1. The van der Waals surface area contributed by atoms with E-state index in [0.29, 0.717) is 37.4 Å². The number of pyridine rings is 2. The molecule has 0 radical (unpaired) electrons. The van der Waals surface area contributed by atoms with E-state index in [0.717, 1.165) is 22.9 Å². The zero-order valence-electron chi connectivity index (χ0n) is 15.0. The fourth-order valence-corrected chi connectivity index (χ4v) is 3.36. The minimum Gasteiger partial charge on any atom is -0.340 e. The summed E-state index contributed by atoms with van der Waals surface area (Å²) in [4.78, 5) is 19.0. The Morgan fingerprint density at radius 2 is 2.15 bits per heavy atom. The third kappa shape index (κ3) is 3.34. The molecule has 1 saturated heterocycles. The van der Waals surface area contributed by atoms with Gasteiger partial charge in [0.2, 0.25) is 11.6 Å². The van der Waals surface area contributed by atoms with Crippen LogP contribution in [0.25, 0.3) is 16.0 Å². The molecule has 0 amide bonds. The topological polar surface area (TPSA) is 77.2 Å². The maximum atomic E-state index is 13.8. The number of nitrogens with two attached hydrogens (primary N) is 1. The van der Waals surface area contributed by atoms with Crippen LogP contribution in [-0.4, -0.2) is 44.8 Å². The summed E-state index contributed by atoms with van der Waals surface area (Å²) >= 11 is 0. The summed E-state index contributed by atoms with van der Waals surface area (Å²) in [7, 11) is 0. The van der Waals surface area contributed by atoms with Crippen LogP contribution in [0.2, 0.25) is 0 Å². The van der Waals surface area contributed by atoms with E-state index in [2.05, 4.69) is 14.8 Å². The van der Waals surface area contributed by atoms with Crippen molar-refractivity contribution >= 4 is 22.8 Å². The molecule has 2 atom stereocenters. The van der Waals surface area contributed by atoms with Crippen LogP contribution in [-0.2, 0) is 6.54 Å². The van der Waals surface area contributed by atoms with Gasteiger partial charge in [-0.05, 0) is 31.5 Å². The molecule has 4 rings (SSSR count). The molecule has 7 nitrogen and oxygen atoms in total. The van der Waals surface area contributed by atoms with Crippen molar-refractivity contribution in [3.8, 4) is 0 Å². The van der Waals surface area contributed by atoms with Gasteiger partial charge in [-0.2, -0.15) is 4.98 Å². The quantitative estimate of drug-likeness (QED) is 0.722. The molecule has 2 N–H and O–H groups in total. The van der Waals surface area contributed by atoms with E-state index in [9.17, 15) is 4.39 Å². The molecule has 8 heteroatoms. The van der Waals surface area contributed by atoms with Crippen LogP contribution in [0.5, 0.6) is 0 Å². The van der Waals surface area contributed by atoms with E-state index >= 15 is 0 Å². The second-order valence-electron chi connectivity index (χ2n) is 6.83. The van der Waals surface area contributed by atoms with Crippen molar-refractivity contribution in [2.24, 2.45) is 5.73 Å². The zero-order chi connectivity index (χ0) is 19.0. The predicted octanol–water partition coefficient (Wildman–Crippen LogP) is 2.61. The number of aromatic nitrogens is 4. The van der Waals surface area contributed by atoms with Crippen molar-refractivity contribution in [3.63, 3.8) is 0 Å². The molecular formula is C19H20FN7. The number of alkyl halides is 1. The lowest BCUT2D eigenvalue weighted by atomic mass is 10.1. The lowest BCUT2D eigenvalue weighted by Gasteiger charge is -2.34. The van der Waals surface area contributed by atoms with Gasteiger partial charge in [-0.1, -0.05) is 6.07 Å². The number of fused-ring (bicyclic) bond motifs is 1. The smallest absolute Gasteiger partial charge is 0.208 e. The van der Waals surface area contributed by atoms with Gasteiger partial charge in [-0.3, -0.25) is 4.98 Å². The molecule has 4 heterocycles. The summed E-state index contributed by atoms with van der Waals surface area (Å²) in [6.45, 7) is 10.4. The van der Waals surface area contributed by atoms with Crippen molar-refractivity contribution in [2.75, 3.05) is 18.0 Å². The second-order valence-corrected chi connectivity index (χ2v) is 6.83. The van der Waals surface area contributed by atoms with Crippen molar-refractivity contribution in [3.05, 3.63) is 53.3 Å². The minimum absolute atomic E-state index is 0.384. The summed E-state index contributed by atoms with van der Waals surface area (Å²) in [5, 5.41) is 0. The largest absolute Gasteiger partial charge is 0.340 e. The summed E-state index contributed by atoms with van der Waals surface area (Å²) in [6.07, 6.45) is 0.963. The van der Waals surface area contributed by atoms with Gasteiger partial charge in [0.05, 0.1) is 30.4 Å². The zero-order valence-corrected chi connectivity index (χ0v) is 15.0. The van der Waals surface area contributed by atoms with Gasteiger partial charge in [-0.25, -0.2) is 14.2 Å². The summed E-state index contributed by atoms with van der Waals surface area (Å²) in [5.41, 5.74) is 9.69. The third-order valence-corrected chi connectivity index (χ3v) is 4.84. The Morgan fingerprint density at radius 3 is 2.85 bits per heavy atom. The number of rotatable bonds is 3. The van der Waals surface area contributed by atoms with Crippen LogP contribution in [0, 0.1) is 13.5 Å². The molecule has 27 heavy (non-hydrogen) atoms. The molecule has 0 unspecified atom stereocenters. The molecule has 1 fully saturated rings. The molecule has 0 spiro atoms. The van der Waals surface area contributed by atoms with Crippen LogP contribution in [0.3, 0.4) is 0 Å². The highest BCUT2D eigenvalue weighted by Gasteiger charge is 2.29. The first kappa shape index (κ1) is 17.4. The molecule has 1 aliphatic heterocycles. The number of aryl methyl sites for hydroxylation is 1. The van der Waals surface area contributed by atoms with E-state index in [1.165, 1.54) is 0 Å². The number of hydrogen-bond acceptors (Lipinski definition) is 5. The lowest BCUT2D eigenvalue weighted by molar-refractivity contribution is 0.243. The molecular weight excluding hydrogens is 345 g/mol. The van der Waals surface area contributed by atoms with Crippen LogP contribution in [0.4, 0.5) is 16.0 Å². The molecule has 138 valence electrons. The van der Waals surface area contributed by atoms with Crippen LogP contribution in [0.1, 0.15) is 17.8 Å². The predicted molar refractivity (Wildman–Crippen MR) is 102 cm³/mol. The Hall–Kier alpha value is -3.05. The normalized spacial score (nSPS) is 20.0. The van der Waals surface area contributed by atoms with E-state index in [-0.39, 0.29) is 0 Å². The van der Waals surface area contributed by atoms with Gasteiger partial charge in [0.1, 0.15) is 6.17 Å². The molecule has 0 aromatic carbocycles. The average molecular weight is 365 g/mol. The molecule has 0 bridgehead atoms. The van der Waals surface area contributed by atoms with E-state index in [1.807, 2.05) is 34.6 Å². The number of halogens is 1. The first-order chi connectivity index (χ1) is 13.0. The molecule has 0 saturated carbocycles. The Labute approximate surface area is 156 Å². The van der Waals surface area contributed by atoms with E-state index in [1.54, 1.807) is 12.3 Å². The maximum Gasteiger partial charge on any atom is 0.208 e. The first-order valence-electron chi connectivity index (χ1n) is 8.86. The lowest BCUT2D eigenvalue weighted by Crippen LogP contribution is -2.50. The Balaban J connectivity index is 1.75. The highest BCUT2D eigenvalue weighted by atomic mass is 19.1. The fourth-order valence-electron chi connectivity index (χ4n) is 3.36. The molecule has 1 aliphatic rings. The van der Waals surface area contributed by atoms with Gasteiger partial charge >= 0.3 is 0 Å². The SMILES string of the molecule is [C-]#[N+]c1ccc(Cn2c(N3CC[C@@H](F)[C@H](N)C3)nc3nc(C)ccc32)nc1. The molecule has 0 aliphatic carbocycles. The Bertz CT molecular complexity index is 1010. The highest BCUT2D eigenvalue weighted by molar-refractivity contribution is 5.75. The summed E-state index contributed by atoms with van der Waals surface area (Å²) < 4.78 is 15.9. The number of hydrogen-bond donors (Lipinski definition) is 1. The van der Waals surface area contributed by atoms with Gasteiger partial charge in [-0.15, -0.1) is 0 Å². The summed E-state index contributed by atoms with van der Waals surface area (Å²) in [6, 6.07) is 6.99. The standard InChI is InChI=1S/C19H20FN7/c1-12-3-6-17-18(24-12)25-19(26-8-7-15(20)16(21)11-26)27(17)10-14-5-4-13(22-2)9-23-14/h3-6,9,15-16H,7-8,10-11,21H2,1H3/t15-,16-/m1/s1. The van der Waals surface area contributed by atoms with Gasteiger partial charge in [0.25, 0.3) is 0 Å². The maximum absolute atomic E-state index is 13.8. The summed E-state index contributed by atoms with van der Waals surface area (Å²) in [5.74, 6) is 0.724. The van der Waals surface area contributed by atoms with Crippen molar-refractivity contribution in [1.29, 1.82) is 0 Å². The van der Waals surface area contributed by atoms with Crippen LogP contribution < -0.4 is 10.6 Å². The number of imidazole rings is 1. The van der Waals surface area contributed by atoms with Crippen molar-refractivity contribution in [1.82, 2.24) is 19.5 Å². The van der Waals surface area contributed by atoms with Crippen LogP contribution in [0.15, 0.2) is 30.5 Å². The first-order valence-corrected chi connectivity index (χ1v) is 8.86. The van der Waals surface area contributed by atoms with Gasteiger partial charge in [0.15, 0.2) is 5.65 Å². The third-order valence-electron chi connectivity index (χ3n) is 4.84. The van der Waals surface area contributed by atoms with Gasteiger partial charge in [0, 0.05) is 25.0 Å². The molecule has 3 aromatic heterocycles. The average Bonchev–Trinajstić information content (AvgIpc) is 3.02. The Kier molecular flexibility index (Phi) is 4.46. The van der Waals surface area contributed by atoms with Crippen molar-refractivity contribution < 1.29 is 4.39 Å². The second kappa shape index (κ2) is 6.93. The number of nitrogens with zero attached hydrogens (tertiary/aromatic N) is 6. The monoisotopic (exact) mass is 365 g/mol. The van der Waals surface area contributed by atoms with E-state index < -0.39 is 12.2 Å². The van der Waals surface area contributed by atoms with Crippen molar-refractivity contribution in [2.45, 2.75) is 32.1 Å². The van der Waals surface area contributed by atoms with E-state index in [4.69, 9.17) is 17.3 Å². The Morgan fingerprint density at radius 1 is 1.30 bits per heavy atom.